The number of aryl methyl sites for hydroxylation is 1. The number of methoxy groups -OCH3 is 2. The number of halogens is 1. The minimum absolute atomic E-state index is 0.505. The molecule has 0 saturated carbocycles. The van der Waals surface area contributed by atoms with Gasteiger partial charge in [-0.15, -0.1) is 0 Å². The van der Waals surface area contributed by atoms with Crippen molar-refractivity contribution in [2.75, 3.05) is 20.8 Å². The number of benzene rings is 1. The van der Waals surface area contributed by atoms with E-state index >= 15 is 0 Å². The molecule has 2 aromatic rings. The highest BCUT2D eigenvalue weighted by Crippen LogP contribution is 2.39. The van der Waals surface area contributed by atoms with Gasteiger partial charge in [0.05, 0.1) is 20.8 Å². The molecule has 0 saturated heterocycles. The predicted molar refractivity (Wildman–Crippen MR) is 84.6 cm³/mol. The van der Waals surface area contributed by atoms with Gasteiger partial charge in [0.15, 0.2) is 11.5 Å². The molecule has 0 aliphatic carbocycles. The Morgan fingerprint density at radius 2 is 1.86 bits per heavy atom. The third-order valence-electron chi connectivity index (χ3n) is 3.17. The summed E-state index contributed by atoms with van der Waals surface area (Å²) >= 11 is 3.43. The Morgan fingerprint density at radius 1 is 1.19 bits per heavy atom. The van der Waals surface area contributed by atoms with Crippen molar-refractivity contribution >= 4 is 15.9 Å². The van der Waals surface area contributed by atoms with Gasteiger partial charge in [0.1, 0.15) is 5.82 Å². The lowest BCUT2D eigenvalue weighted by Crippen LogP contribution is -2.08. The van der Waals surface area contributed by atoms with Crippen LogP contribution in [0.15, 0.2) is 24.5 Å². The lowest BCUT2D eigenvalue weighted by atomic mass is 10.2. The molecular weight excluding hydrogens is 336 g/mol. The molecule has 1 heterocycles. The largest absolute Gasteiger partial charge is 0.493 e. The molecule has 21 heavy (non-hydrogen) atoms. The molecular formula is C15H19BrN2O3. The van der Waals surface area contributed by atoms with Crippen LogP contribution in [-0.4, -0.2) is 30.4 Å². The van der Waals surface area contributed by atoms with E-state index in [1.54, 1.807) is 20.4 Å². The smallest absolute Gasteiger partial charge is 0.203 e. The Kier molecular flexibility index (Phi) is 5.50. The quantitative estimate of drug-likeness (QED) is 0.717. The SMILES string of the molecule is COc1cc(CBr)cc(OC)c1OCCc1nccn1C. The first-order chi connectivity index (χ1) is 10.2. The molecule has 0 spiro atoms. The number of rotatable bonds is 7. The third kappa shape index (κ3) is 3.69. The van der Waals surface area contributed by atoms with E-state index < -0.39 is 0 Å². The first-order valence-corrected chi connectivity index (χ1v) is 7.71. The molecule has 1 aromatic carbocycles. The van der Waals surface area contributed by atoms with Crippen molar-refractivity contribution in [2.24, 2.45) is 7.05 Å². The van der Waals surface area contributed by atoms with Gasteiger partial charge in [-0.2, -0.15) is 0 Å². The number of imidazole rings is 1. The zero-order valence-electron chi connectivity index (χ0n) is 12.4. The van der Waals surface area contributed by atoms with E-state index in [0.717, 1.165) is 23.1 Å². The minimum atomic E-state index is 0.505. The van der Waals surface area contributed by atoms with Crippen molar-refractivity contribution in [3.05, 3.63) is 35.9 Å². The molecule has 0 N–H and O–H groups in total. The summed E-state index contributed by atoms with van der Waals surface area (Å²) in [5.74, 6) is 2.94. The normalized spacial score (nSPS) is 10.5. The first-order valence-electron chi connectivity index (χ1n) is 6.59. The highest BCUT2D eigenvalue weighted by Gasteiger charge is 2.14. The molecule has 114 valence electrons. The zero-order chi connectivity index (χ0) is 15.2. The summed E-state index contributed by atoms with van der Waals surface area (Å²) in [7, 11) is 5.21. The van der Waals surface area contributed by atoms with Crippen LogP contribution in [-0.2, 0) is 18.8 Å². The molecule has 0 aliphatic rings. The number of alkyl halides is 1. The van der Waals surface area contributed by atoms with Crippen LogP contribution in [0.1, 0.15) is 11.4 Å². The predicted octanol–water partition coefficient (Wildman–Crippen LogP) is 2.95. The lowest BCUT2D eigenvalue weighted by Gasteiger charge is -2.15. The van der Waals surface area contributed by atoms with Gasteiger partial charge in [-0.1, -0.05) is 15.9 Å². The molecule has 5 nitrogen and oxygen atoms in total. The number of aromatic nitrogens is 2. The van der Waals surface area contributed by atoms with Gasteiger partial charge >= 0.3 is 0 Å². The summed E-state index contributed by atoms with van der Waals surface area (Å²) in [4.78, 5) is 4.27. The molecule has 6 heteroatoms. The van der Waals surface area contributed by atoms with Gasteiger partial charge < -0.3 is 18.8 Å². The van der Waals surface area contributed by atoms with Crippen LogP contribution in [0.5, 0.6) is 17.2 Å². The van der Waals surface area contributed by atoms with Crippen LogP contribution in [0.3, 0.4) is 0 Å². The maximum Gasteiger partial charge on any atom is 0.203 e. The average Bonchev–Trinajstić information content (AvgIpc) is 2.92. The maximum absolute atomic E-state index is 5.86. The second-order valence-electron chi connectivity index (χ2n) is 4.52. The average molecular weight is 355 g/mol. The van der Waals surface area contributed by atoms with Gasteiger partial charge in [0, 0.05) is 31.2 Å². The Hall–Kier alpha value is -1.69. The summed E-state index contributed by atoms with van der Waals surface area (Å²) in [5, 5.41) is 0.729. The van der Waals surface area contributed by atoms with E-state index in [4.69, 9.17) is 14.2 Å². The molecule has 0 bridgehead atoms. The Bertz CT molecular complexity index is 573. The third-order valence-corrected chi connectivity index (χ3v) is 3.82. The van der Waals surface area contributed by atoms with Crippen molar-refractivity contribution in [1.82, 2.24) is 9.55 Å². The van der Waals surface area contributed by atoms with Gasteiger partial charge in [-0.05, 0) is 17.7 Å². The second-order valence-corrected chi connectivity index (χ2v) is 5.08. The fourth-order valence-corrected chi connectivity index (χ4v) is 2.36. The van der Waals surface area contributed by atoms with Crippen molar-refractivity contribution < 1.29 is 14.2 Å². The standard InChI is InChI=1S/C15H19BrN2O3/c1-18-6-5-17-14(18)4-7-21-15-12(19-2)8-11(10-16)9-13(15)20-3/h5-6,8-9H,4,7,10H2,1-3H3. The van der Waals surface area contributed by atoms with Crippen molar-refractivity contribution in [3.8, 4) is 17.2 Å². The van der Waals surface area contributed by atoms with E-state index in [0.29, 0.717) is 23.9 Å². The van der Waals surface area contributed by atoms with Crippen LogP contribution < -0.4 is 14.2 Å². The van der Waals surface area contributed by atoms with E-state index in [2.05, 4.69) is 20.9 Å². The Morgan fingerprint density at radius 3 is 2.33 bits per heavy atom. The van der Waals surface area contributed by atoms with Crippen LogP contribution in [0, 0.1) is 0 Å². The Balaban J connectivity index is 2.13. The van der Waals surface area contributed by atoms with Crippen LogP contribution in [0.2, 0.25) is 0 Å². The molecule has 0 amide bonds. The van der Waals surface area contributed by atoms with Crippen LogP contribution in [0.4, 0.5) is 0 Å². The first kappa shape index (κ1) is 15.7. The van der Waals surface area contributed by atoms with Crippen molar-refractivity contribution in [2.45, 2.75) is 11.8 Å². The second kappa shape index (κ2) is 7.36. The number of ether oxygens (including phenoxy) is 3. The van der Waals surface area contributed by atoms with Gasteiger partial charge in [-0.3, -0.25) is 0 Å². The highest BCUT2D eigenvalue weighted by atomic mass is 79.9. The summed E-state index contributed by atoms with van der Waals surface area (Å²) in [6, 6.07) is 3.88. The molecule has 0 radical (unpaired) electrons. The number of hydrogen-bond donors (Lipinski definition) is 0. The summed E-state index contributed by atoms with van der Waals surface area (Å²) in [6.07, 6.45) is 4.42. The highest BCUT2D eigenvalue weighted by molar-refractivity contribution is 9.08. The van der Waals surface area contributed by atoms with E-state index in [9.17, 15) is 0 Å². The summed E-state index contributed by atoms with van der Waals surface area (Å²) < 4.78 is 18.6. The fourth-order valence-electron chi connectivity index (χ4n) is 2.04. The van der Waals surface area contributed by atoms with Crippen molar-refractivity contribution in [1.29, 1.82) is 0 Å². The molecule has 0 atom stereocenters. The van der Waals surface area contributed by atoms with Gasteiger partial charge in [0.2, 0.25) is 5.75 Å². The van der Waals surface area contributed by atoms with Crippen LogP contribution in [0.25, 0.3) is 0 Å². The van der Waals surface area contributed by atoms with Crippen molar-refractivity contribution in [3.63, 3.8) is 0 Å². The minimum Gasteiger partial charge on any atom is -0.493 e. The monoisotopic (exact) mass is 354 g/mol. The lowest BCUT2D eigenvalue weighted by molar-refractivity contribution is 0.275. The van der Waals surface area contributed by atoms with E-state index in [-0.39, 0.29) is 0 Å². The van der Waals surface area contributed by atoms with Gasteiger partial charge in [-0.25, -0.2) is 4.98 Å². The molecule has 0 unspecified atom stereocenters. The summed E-state index contributed by atoms with van der Waals surface area (Å²) in [6.45, 7) is 0.505. The zero-order valence-corrected chi connectivity index (χ0v) is 14.0. The fraction of sp³-hybridized carbons (Fsp3) is 0.400. The maximum atomic E-state index is 5.86. The number of nitrogens with zero attached hydrogens (tertiary/aromatic N) is 2. The topological polar surface area (TPSA) is 45.5 Å². The summed E-state index contributed by atoms with van der Waals surface area (Å²) in [5.41, 5.74) is 1.07. The molecule has 1 aromatic heterocycles. The van der Waals surface area contributed by atoms with Gasteiger partial charge in [0.25, 0.3) is 0 Å². The molecule has 0 fully saturated rings. The molecule has 2 rings (SSSR count). The Labute approximate surface area is 133 Å². The number of hydrogen-bond acceptors (Lipinski definition) is 4. The van der Waals surface area contributed by atoms with E-state index in [1.807, 2.05) is 29.9 Å². The van der Waals surface area contributed by atoms with Crippen LogP contribution >= 0.6 is 15.9 Å². The van der Waals surface area contributed by atoms with E-state index in [1.165, 1.54) is 0 Å². The molecule has 0 aliphatic heterocycles.